The topological polar surface area (TPSA) is 16.4 Å². The first-order chi connectivity index (χ1) is 27.0. The highest BCUT2D eigenvalue weighted by Gasteiger charge is 2.36. The summed E-state index contributed by atoms with van der Waals surface area (Å²) in [6, 6.07) is 68.6. The Kier molecular flexibility index (Phi) is 6.93. The standard InChI is InChI=1S/C53H37NO/c1-53(2)48-20-9-7-19-44(48)45-28-26-41(33-49(45)53)54(40-16-11-15-37(31-40)38-23-22-34-12-3-4-14-36(34)30-38)50-21-10-8-17-42(50)39-25-29-51-47(32-39)46-27-24-35-13-5-6-18-43(35)52(46)55-51/h3-33H,1-2H3. The van der Waals surface area contributed by atoms with Gasteiger partial charge in [-0.1, -0.05) is 147 Å². The van der Waals surface area contributed by atoms with Crippen molar-refractivity contribution in [2.75, 3.05) is 4.90 Å². The van der Waals surface area contributed by atoms with Gasteiger partial charge in [-0.25, -0.2) is 0 Å². The summed E-state index contributed by atoms with van der Waals surface area (Å²) in [5.74, 6) is 0. The highest BCUT2D eigenvalue weighted by molar-refractivity contribution is 6.15. The second-order valence-corrected chi connectivity index (χ2v) is 15.3. The zero-order valence-corrected chi connectivity index (χ0v) is 30.8. The molecule has 1 heterocycles. The second-order valence-electron chi connectivity index (χ2n) is 15.3. The minimum absolute atomic E-state index is 0.127. The fourth-order valence-corrected chi connectivity index (χ4v) is 9.04. The van der Waals surface area contributed by atoms with Crippen LogP contribution in [-0.4, -0.2) is 0 Å². The summed E-state index contributed by atoms with van der Waals surface area (Å²) in [6.07, 6.45) is 0. The van der Waals surface area contributed by atoms with Crippen molar-refractivity contribution in [1.82, 2.24) is 0 Å². The molecule has 2 nitrogen and oxygen atoms in total. The van der Waals surface area contributed by atoms with E-state index in [9.17, 15) is 0 Å². The molecule has 0 N–H and O–H groups in total. The maximum atomic E-state index is 6.53. The third-order valence-corrected chi connectivity index (χ3v) is 11.8. The number of furan rings is 1. The lowest BCUT2D eigenvalue weighted by atomic mass is 9.82. The van der Waals surface area contributed by atoms with E-state index in [4.69, 9.17) is 4.42 Å². The molecule has 0 aliphatic heterocycles. The highest BCUT2D eigenvalue weighted by atomic mass is 16.3. The third kappa shape index (κ3) is 4.95. The van der Waals surface area contributed by atoms with Crippen LogP contribution in [0.1, 0.15) is 25.0 Å². The Morgan fingerprint density at radius 1 is 0.400 bits per heavy atom. The second kappa shape index (κ2) is 12.1. The normalized spacial score (nSPS) is 13.1. The van der Waals surface area contributed by atoms with Gasteiger partial charge in [0.05, 0.1) is 5.69 Å². The molecule has 55 heavy (non-hydrogen) atoms. The largest absolute Gasteiger partial charge is 0.455 e. The maximum Gasteiger partial charge on any atom is 0.143 e. The molecule has 0 amide bonds. The van der Waals surface area contributed by atoms with E-state index in [0.29, 0.717) is 0 Å². The predicted molar refractivity (Wildman–Crippen MR) is 232 cm³/mol. The number of rotatable bonds is 5. The van der Waals surface area contributed by atoms with Crippen LogP contribution >= 0.6 is 0 Å². The first-order valence-electron chi connectivity index (χ1n) is 19.1. The molecule has 0 saturated heterocycles. The smallest absolute Gasteiger partial charge is 0.143 e. The molecular formula is C53H37NO. The highest BCUT2D eigenvalue weighted by Crippen LogP contribution is 2.51. The Morgan fingerprint density at radius 3 is 2.00 bits per heavy atom. The molecule has 260 valence electrons. The Labute approximate surface area is 320 Å². The van der Waals surface area contributed by atoms with E-state index in [2.05, 4.69) is 207 Å². The van der Waals surface area contributed by atoms with Crippen LogP contribution in [-0.2, 0) is 5.41 Å². The lowest BCUT2D eigenvalue weighted by molar-refractivity contribution is 0.660. The van der Waals surface area contributed by atoms with Gasteiger partial charge in [0.25, 0.3) is 0 Å². The van der Waals surface area contributed by atoms with Crippen LogP contribution in [0.2, 0.25) is 0 Å². The number of anilines is 3. The number of hydrogen-bond donors (Lipinski definition) is 0. The van der Waals surface area contributed by atoms with Crippen molar-refractivity contribution in [2.24, 2.45) is 0 Å². The van der Waals surface area contributed by atoms with Crippen LogP contribution in [0.3, 0.4) is 0 Å². The van der Waals surface area contributed by atoms with Gasteiger partial charge in [-0.3, -0.25) is 0 Å². The van der Waals surface area contributed by atoms with E-state index in [-0.39, 0.29) is 5.41 Å². The quantitative estimate of drug-likeness (QED) is 0.177. The van der Waals surface area contributed by atoms with E-state index in [1.54, 1.807) is 0 Å². The molecule has 0 atom stereocenters. The van der Waals surface area contributed by atoms with E-state index in [0.717, 1.165) is 55.5 Å². The summed E-state index contributed by atoms with van der Waals surface area (Å²) >= 11 is 0. The van der Waals surface area contributed by atoms with Crippen LogP contribution in [0.5, 0.6) is 0 Å². The maximum absolute atomic E-state index is 6.53. The summed E-state index contributed by atoms with van der Waals surface area (Å²) in [4.78, 5) is 2.45. The average Bonchev–Trinajstić information content (AvgIpc) is 3.73. The van der Waals surface area contributed by atoms with Crippen LogP contribution in [0, 0.1) is 0 Å². The van der Waals surface area contributed by atoms with Crippen LogP contribution in [0.15, 0.2) is 192 Å². The van der Waals surface area contributed by atoms with Crippen molar-refractivity contribution in [2.45, 2.75) is 19.3 Å². The predicted octanol–water partition coefficient (Wildman–Crippen LogP) is 15.0. The molecule has 0 unspecified atom stereocenters. The molecule has 0 saturated carbocycles. The number of hydrogen-bond acceptors (Lipinski definition) is 2. The van der Waals surface area contributed by atoms with Crippen LogP contribution < -0.4 is 4.90 Å². The number of nitrogens with zero attached hydrogens (tertiary/aromatic N) is 1. The minimum atomic E-state index is -0.127. The van der Waals surface area contributed by atoms with Crippen molar-refractivity contribution >= 4 is 60.5 Å². The fourth-order valence-electron chi connectivity index (χ4n) is 9.04. The summed E-state index contributed by atoms with van der Waals surface area (Å²) in [5.41, 5.74) is 15.1. The molecule has 11 rings (SSSR count). The first-order valence-corrected chi connectivity index (χ1v) is 19.1. The van der Waals surface area contributed by atoms with Gasteiger partial charge >= 0.3 is 0 Å². The lowest BCUT2D eigenvalue weighted by Crippen LogP contribution is -2.17. The van der Waals surface area contributed by atoms with Gasteiger partial charge in [0.15, 0.2) is 0 Å². The van der Waals surface area contributed by atoms with Gasteiger partial charge in [0.1, 0.15) is 11.2 Å². The van der Waals surface area contributed by atoms with Crippen molar-refractivity contribution in [3.8, 4) is 33.4 Å². The van der Waals surface area contributed by atoms with Crippen LogP contribution in [0.4, 0.5) is 17.1 Å². The summed E-state index contributed by atoms with van der Waals surface area (Å²) in [7, 11) is 0. The van der Waals surface area contributed by atoms with E-state index >= 15 is 0 Å². The summed E-state index contributed by atoms with van der Waals surface area (Å²) in [6.45, 7) is 4.71. The molecule has 1 aliphatic rings. The first kappa shape index (κ1) is 31.6. The Hall–Kier alpha value is -6.90. The van der Waals surface area contributed by atoms with Crippen molar-refractivity contribution in [3.63, 3.8) is 0 Å². The molecule has 1 aliphatic carbocycles. The summed E-state index contributed by atoms with van der Waals surface area (Å²) < 4.78 is 6.53. The monoisotopic (exact) mass is 703 g/mol. The van der Waals surface area contributed by atoms with E-state index in [1.165, 1.54) is 49.5 Å². The number of benzene rings is 9. The molecular weight excluding hydrogens is 667 g/mol. The van der Waals surface area contributed by atoms with Gasteiger partial charge in [0, 0.05) is 38.5 Å². The van der Waals surface area contributed by atoms with Crippen LogP contribution in [0.25, 0.3) is 76.9 Å². The van der Waals surface area contributed by atoms with Gasteiger partial charge in [0.2, 0.25) is 0 Å². The van der Waals surface area contributed by atoms with Gasteiger partial charge < -0.3 is 9.32 Å². The summed E-state index contributed by atoms with van der Waals surface area (Å²) in [5, 5.41) is 7.06. The van der Waals surface area contributed by atoms with Gasteiger partial charge in [-0.05, 0) is 110 Å². The van der Waals surface area contributed by atoms with E-state index < -0.39 is 0 Å². The number of para-hydroxylation sites is 1. The zero-order chi connectivity index (χ0) is 36.7. The SMILES string of the molecule is CC1(C)c2ccccc2-c2ccc(N(c3cccc(-c4ccc5ccccc5c4)c3)c3ccccc3-c3ccc4oc5c6ccccc6ccc5c4c3)cc21. The van der Waals surface area contributed by atoms with Crippen molar-refractivity contribution in [3.05, 3.63) is 199 Å². The average molecular weight is 704 g/mol. The third-order valence-electron chi connectivity index (χ3n) is 11.8. The van der Waals surface area contributed by atoms with Gasteiger partial charge in [-0.2, -0.15) is 0 Å². The van der Waals surface area contributed by atoms with E-state index in [1.807, 2.05) is 0 Å². The lowest BCUT2D eigenvalue weighted by Gasteiger charge is -2.30. The Bertz CT molecular complexity index is 3150. The number of fused-ring (bicyclic) bond motifs is 9. The molecule has 1 aromatic heterocycles. The molecule has 10 aromatic rings. The molecule has 0 bridgehead atoms. The minimum Gasteiger partial charge on any atom is -0.455 e. The Morgan fingerprint density at radius 2 is 1.09 bits per heavy atom. The molecule has 2 heteroatoms. The zero-order valence-electron chi connectivity index (χ0n) is 30.8. The molecule has 9 aromatic carbocycles. The van der Waals surface area contributed by atoms with Crippen molar-refractivity contribution < 1.29 is 4.42 Å². The van der Waals surface area contributed by atoms with Crippen molar-refractivity contribution in [1.29, 1.82) is 0 Å². The Balaban J connectivity index is 1.11. The van der Waals surface area contributed by atoms with Gasteiger partial charge in [-0.15, -0.1) is 0 Å². The fraction of sp³-hybridized carbons (Fsp3) is 0.0566. The molecule has 0 fully saturated rings. The molecule has 0 spiro atoms. The molecule has 0 radical (unpaired) electrons.